The van der Waals surface area contributed by atoms with E-state index in [9.17, 15) is 0 Å². The summed E-state index contributed by atoms with van der Waals surface area (Å²) in [6, 6.07) is 0. The van der Waals surface area contributed by atoms with Crippen LogP contribution in [0.3, 0.4) is 0 Å². The van der Waals surface area contributed by atoms with Gasteiger partial charge in [0.2, 0.25) is 0 Å². The molecular weight excluding hydrogens is 192 g/mol. The minimum atomic E-state index is 0.0160. The first kappa shape index (κ1) is 11.3. The molecule has 2 heterocycles. The molecule has 88 valence electrons. The molecule has 1 spiro atoms. The van der Waals surface area contributed by atoms with Crippen molar-refractivity contribution in [2.45, 2.75) is 25.5 Å². The van der Waals surface area contributed by atoms with Gasteiger partial charge in [-0.1, -0.05) is 0 Å². The number of hydrogen-bond donors (Lipinski definition) is 1. The Balaban J connectivity index is 1.67. The van der Waals surface area contributed by atoms with Gasteiger partial charge in [0.15, 0.2) is 0 Å². The summed E-state index contributed by atoms with van der Waals surface area (Å²) < 4.78 is 11.2. The second-order valence-corrected chi connectivity index (χ2v) is 4.31. The molecule has 0 aromatic heterocycles. The van der Waals surface area contributed by atoms with Gasteiger partial charge in [-0.15, -0.1) is 0 Å². The van der Waals surface area contributed by atoms with Crippen molar-refractivity contribution in [3.05, 3.63) is 0 Å². The highest BCUT2D eigenvalue weighted by atomic mass is 16.5. The van der Waals surface area contributed by atoms with Gasteiger partial charge in [-0.25, -0.2) is 0 Å². The minimum absolute atomic E-state index is 0.0160. The number of hydrogen-bond acceptors (Lipinski definition) is 4. The second kappa shape index (κ2) is 5.25. The van der Waals surface area contributed by atoms with Gasteiger partial charge in [-0.05, 0) is 6.92 Å². The Morgan fingerprint density at radius 3 is 2.80 bits per heavy atom. The maximum atomic E-state index is 5.79. The third kappa shape index (κ3) is 2.91. The van der Waals surface area contributed by atoms with Crippen LogP contribution in [0.25, 0.3) is 0 Å². The Kier molecular flexibility index (Phi) is 3.97. The number of nitrogens with one attached hydrogen (secondary N) is 1. The zero-order valence-electron chi connectivity index (χ0n) is 9.63. The van der Waals surface area contributed by atoms with Crippen LogP contribution in [0, 0.1) is 0 Å². The molecule has 1 N–H and O–H groups in total. The maximum Gasteiger partial charge on any atom is 0.121 e. The Morgan fingerprint density at radius 1 is 1.40 bits per heavy atom. The molecule has 0 saturated carbocycles. The predicted molar refractivity (Wildman–Crippen MR) is 58.9 cm³/mol. The molecule has 2 rings (SSSR count). The molecule has 0 bridgehead atoms. The van der Waals surface area contributed by atoms with Crippen molar-refractivity contribution < 1.29 is 9.47 Å². The third-order valence-electron chi connectivity index (χ3n) is 3.35. The quantitative estimate of drug-likeness (QED) is 0.688. The molecule has 2 aliphatic rings. The molecule has 0 aromatic carbocycles. The van der Waals surface area contributed by atoms with E-state index in [2.05, 4.69) is 10.2 Å². The van der Waals surface area contributed by atoms with Crippen LogP contribution in [0.2, 0.25) is 0 Å². The summed E-state index contributed by atoms with van der Waals surface area (Å²) in [5.41, 5.74) is 0.0160. The van der Waals surface area contributed by atoms with E-state index >= 15 is 0 Å². The number of ether oxygens (including phenoxy) is 2. The maximum absolute atomic E-state index is 5.79. The monoisotopic (exact) mass is 214 g/mol. The van der Waals surface area contributed by atoms with E-state index in [0.717, 1.165) is 58.8 Å². The molecule has 0 aromatic rings. The van der Waals surface area contributed by atoms with Crippen molar-refractivity contribution in [2.75, 3.05) is 46.0 Å². The first-order chi connectivity index (χ1) is 7.35. The highest BCUT2D eigenvalue weighted by Gasteiger charge is 2.37. The van der Waals surface area contributed by atoms with Crippen LogP contribution in [0.5, 0.6) is 0 Å². The Morgan fingerprint density at radius 2 is 2.20 bits per heavy atom. The summed E-state index contributed by atoms with van der Waals surface area (Å²) in [7, 11) is 0. The first-order valence-corrected chi connectivity index (χ1v) is 6.04. The summed E-state index contributed by atoms with van der Waals surface area (Å²) in [5, 5.41) is 3.48. The van der Waals surface area contributed by atoms with Crippen LogP contribution in [-0.2, 0) is 9.47 Å². The smallest absolute Gasteiger partial charge is 0.121 e. The summed E-state index contributed by atoms with van der Waals surface area (Å²) in [5.74, 6) is 0. The lowest BCUT2D eigenvalue weighted by Crippen LogP contribution is -2.51. The van der Waals surface area contributed by atoms with Gasteiger partial charge in [-0.3, -0.25) is 5.32 Å². The molecule has 2 fully saturated rings. The van der Waals surface area contributed by atoms with E-state index in [1.807, 2.05) is 6.92 Å². The van der Waals surface area contributed by atoms with E-state index < -0.39 is 0 Å². The predicted octanol–water partition coefficient (Wildman–Crippen LogP) is 0.435. The summed E-state index contributed by atoms with van der Waals surface area (Å²) in [6.45, 7) is 8.92. The Bertz CT molecular complexity index is 183. The SMILES string of the molecule is CCOCCN1CCC2(CC1)NCCO2. The van der Waals surface area contributed by atoms with Crippen LogP contribution in [-0.4, -0.2) is 56.6 Å². The fourth-order valence-electron chi connectivity index (χ4n) is 2.37. The fraction of sp³-hybridized carbons (Fsp3) is 1.00. The first-order valence-electron chi connectivity index (χ1n) is 6.04. The summed E-state index contributed by atoms with van der Waals surface area (Å²) in [4.78, 5) is 2.46. The lowest BCUT2D eigenvalue weighted by Gasteiger charge is -2.38. The number of rotatable bonds is 4. The molecule has 15 heavy (non-hydrogen) atoms. The van der Waals surface area contributed by atoms with Crippen molar-refractivity contribution in [3.8, 4) is 0 Å². The van der Waals surface area contributed by atoms with E-state index in [-0.39, 0.29) is 5.72 Å². The van der Waals surface area contributed by atoms with Crippen LogP contribution < -0.4 is 5.32 Å². The van der Waals surface area contributed by atoms with Crippen LogP contribution in [0.15, 0.2) is 0 Å². The average molecular weight is 214 g/mol. The van der Waals surface area contributed by atoms with Crippen molar-refractivity contribution in [2.24, 2.45) is 0 Å². The molecule has 0 atom stereocenters. The van der Waals surface area contributed by atoms with Crippen LogP contribution in [0.1, 0.15) is 19.8 Å². The minimum Gasteiger partial charge on any atom is -0.380 e. The average Bonchev–Trinajstić information content (AvgIpc) is 2.71. The zero-order valence-corrected chi connectivity index (χ0v) is 9.63. The summed E-state index contributed by atoms with van der Waals surface area (Å²) in [6.07, 6.45) is 2.22. The number of piperidine rings is 1. The molecule has 0 unspecified atom stereocenters. The van der Waals surface area contributed by atoms with Gasteiger partial charge in [-0.2, -0.15) is 0 Å². The zero-order chi connectivity index (χ0) is 10.6. The van der Waals surface area contributed by atoms with Crippen LogP contribution >= 0.6 is 0 Å². The standard InChI is InChI=1S/C11H22N2O2/c1-2-14-10-8-13-6-3-11(4-7-13)12-5-9-15-11/h12H,2-10H2,1H3. The Hall–Kier alpha value is -0.160. The third-order valence-corrected chi connectivity index (χ3v) is 3.35. The van der Waals surface area contributed by atoms with Crippen molar-refractivity contribution in [1.82, 2.24) is 10.2 Å². The van der Waals surface area contributed by atoms with Gasteiger partial charge >= 0.3 is 0 Å². The van der Waals surface area contributed by atoms with Gasteiger partial charge in [0.25, 0.3) is 0 Å². The number of likely N-dealkylation sites (tertiary alicyclic amines) is 1. The highest BCUT2D eigenvalue weighted by Crippen LogP contribution is 2.26. The normalized spacial score (nSPS) is 26.2. The highest BCUT2D eigenvalue weighted by molar-refractivity contribution is 4.88. The van der Waals surface area contributed by atoms with Crippen LogP contribution in [0.4, 0.5) is 0 Å². The van der Waals surface area contributed by atoms with E-state index in [4.69, 9.17) is 9.47 Å². The number of nitrogens with zero attached hydrogens (tertiary/aromatic N) is 1. The Labute approximate surface area is 91.9 Å². The fourth-order valence-corrected chi connectivity index (χ4v) is 2.37. The molecule has 0 radical (unpaired) electrons. The van der Waals surface area contributed by atoms with Gasteiger partial charge in [0.05, 0.1) is 13.2 Å². The second-order valence-electron chi connectivity index (χ2n) is 4.31. The van der Waals surface area contributed by atoms with Gasteiger partial charge in [0, 0.05) is 45.6 Å². The van der Waals surface area contributed by atoms with E-state index in [0.29, 0.717) is 0 Å². The lowest BCUT2D eigenvalue weighted by atomic mass is 10.0. The lowest BCUT2D eigenvalue weighted by molar-refractivity contribution is -0.0592. The van der Waals surface area contributed by atoms with E-state index in [1.165, 1.54) is 0 Å². The molecule has 4 heteroatoms. The van der Waals surface area contributed by atoms with Crippen molar-refractivity contribution in [1.29, 1.82) is 0 Å². The largest absolute Gasteiger partial charge is 0.380 e. The van der Waals surface area contributed by atoms with Crippen molar-refractivity contribution in [3.63, 3.8) is 0 Å². The van der Waals surface area contributed by atoms with Gasteiger partial charge < -0.3 is 14.4 Å². The molecule has 2 saturated heterocycles. The molecule has 2 aliphatic heterocycles. The molecule has 4 nitrogen and oxygen atoms in total. The topological polar surface area (TPSA) is 33.7 Å². The molecule has 0 aliphatic carbocycles. The van der Waals surface area contributed by atoms with E-state index in [1.54, 1.807) is 0 Å². The van der Waals surface area contributed by atoms with Gasteiger partial charge in [0.1, 0.15) is 5.72 Å². The summed E-state index contributed by atoms with van der Waals surface area (Å²) >= 11 is 0. The molecular formula is C11H22N2O2. The molecule has 0 amide bonds. The van der Waals surface area contributed by atoms with Crippen molar-refractivity contribution >= 4 is 0 Å².